The summed E-state index contributed by atoms with van der Waals surface area (Å²) in [5.74, 6) is 0. The van der Waals surface area contributed by atoms with E-state index in [1.54, 1.807) is 0 Å². The average Bonchev–Trinajstić information content (AvgIpc) is 2.36. The van der Waals surface area contributed by atoms with Crippen LogP contribution in [0.25, 0.3) is 0 Å². The molecule has 0 aromatic rings. The van der Waals surface area contributed by atoms with E-state index in [1.165, 1.54) is 25.7 Å². The minimum absolute atomic E-state index is 0.764. The predicted molar refractivity (Wildman–Crippen MR) is 80.9 cm³/mol. The van der Waals surface area contributed by atoms with Gasteiger partial charge in [0.05, 0.1) is 0 Å². The summed E-state index contributed by atoms with van der Waals surface area (Å²) in [5, 5.41) is 0. The second kappa shape index (κ2) is 11.0. The standard InChI is InChI=1S/C14H33NO2Si/c1-6-11-14-18(16-9-4,17-10-5)15(12-7-2)13-8-3/h6-14H2,1-5H3. The summed E-state index contributed by atoms with van der Waals surface area (Å²) in [6.45, 7) is 14.6. The summed E-state index contributed by atoms with van der Waals surface area (Å²) in [7, 11) is -2.15. The van der Waals surface area contributed by atoms with Gasteiger partial charge in [0.2, 0.25) is 0 Å². The summed E-state index contributed by atoms with van der Waals surface area (Å²) < 4.78 is 14.9. The zero-order chi connectivity index (χ0) is 13.9. The van der Waals surface area contributed by atoms with Crippen LogP contribution in [0.5, 0.6) is 0 Å². The lowest BCUT2D eigenvalue weighted by Gasteiger charge is -2.39. The molecule has 3 nitrogen and oxygen atoms in total. The van der Waals surface area contributed by atoms with Crippen LogP contribution in [0.1, 0.15) is 60.3 Å². The van der Waals surface area contributed by atoms with E-state index >= 15 is 0 Å². The Bertz CT molecular complexity index is 179. The highest BCUT2D eigenvalue weighted by atomic mass is 28.4. The van der Waals surface area contributed by atoms with Crippen molar-refractivity contribution in [1.29, 1.82) is 0 Å². The minimum Gasteiger partial charge on any atom is -0.383 e. The summed E-state index contributed by atoms with van der Waals surface area (Å²) >= 11 is 0. The number of nitrogens with zero attached hydrogens (tertiary/aromatic N) is 1. The van der Waals surface area contributed by atoms with Crippen molar-refractivity contribution in [1.82, 2.24) is 4.57 Å². The van der Waals surface area contributed by atoms with E-state index in [4.69, 9.17) is 8.85 Å². The molecule has 0 aliphatic heterocycles. The fourth-order valence-electron chi connectivity index (χ4n) is 2.37. The number of rotatable bonds is 12. The van der Waals surface area contributed by atoms with E-state index in [0.29, 0.717) is 0 Å². The third kappa shape index (κ3) is 5.82. The fraction of sp³-hybridized carbons (Fsp3) is 1.00. The first-order valence-corrected chi connectivity index (χ1v) is 9.70. The van der Waals surface area contributed by atoms with Crippen LogP contribution in [-0.2, 0) is 8.85 Å². The lowest BCUT2D eigenvalue weighted by molar-refractivity contribution is 0.118. The second-order valence-electron chi connectivity index (χ2n) is 4.67. The normalized spacial score (nSPS) is 12.3. The zero-order valence-corrected chi connectivity index (χ0v) is 14.1. The molecule has 0 spiro atoms. The highest BCUT2D eigenvalue weighted by Crippen LogP contribution is 2.23. The Kier molecular flexibility index (Phi) is 11.0. The maximum Gasteiger partial charge on any atom is 0.427 e. The molecular formula is C14H33NO2Si. The van der Waals surface area contributed by atoms with Crippen molar-refractivity contribution in [3.8, 4) is 0 Å². The van der Waals surface area contributed by atoms with E-state index in [0.717, 1.165) is 32.3 Å². The number of hydrogen-bond acceptors (Lipinski definition) is 3. The molecule has 0 unspecified atom stereocenters. The van der Waals surface area contributed by atoms with Gasteiger partial charge in [0.15, 0.2) is 0 Å². The SMILES string of the molecule is CCCC[Si](OCC)(OCC)N(CCC)CCC. The molecule has 0 saturated heterocycles. The molecule has 0 aromatic carbocycles. The van der Waals surface area contributed by atoms with Crippen LogP contribution in [0.4, 0.5) is 0 Å². The van der Waals surface area contributed by atoms with Crippen LogP contribution in [0.15, 0.2) is 0 Å². The van der Waals surface area contributed by atoms with Crippen molar-refractivity contribution >= 4 is 8.72 Å². The van der Waals surface area contributed by atoms with E-state index in [1.807, 2.05) is 0 Å². The maximum atomic E-state index is 6.18. The molecule has 0 rings (SSSR count). The Morgan fingerprint density at radius 1 is 0.778 bits per heavy atom. The number of unbranched alkanes of at least 4 members (excludes halogenated alkanes) is 1. The Labute approximate surface area is 115 Å². The second-order valence-corrected chi connectivity index (χ2v) is 7.80. The fourth-order valence-corrected chi connectivity index (χ4v) is 6.25. The molecule has 0 saturated carbocycles. The third-order valence-electron chi connectivity index (χ3n) is 3.05. The Hall–Kier alpha value is 0.0969. The van der Waals surface area contributed by atoms with Gasteiger partial charge in [-0.05, 0) is 39.8 Å². The van der Waals surface area contributed by atoms with Gasteiger partial charge in [-0.1, -0.05) is 33.6 Å². The van der Waals surface area contributed by atoms with E-state index in [9.17, 15) is 0 Å². The lowest BCUT2D eigenvalue weighted by Crippen LogP contribution is -2.59. The van der Waals surface area contributed by atoms with Gasteiger partial charge in [-0.25, -0.2) is 0 Å². The lowest BCUT2D eigenvalue weighted by atomic mass is 10.4. The van der Waals surface area contributed by atoms with Gasteiger partial charge < -0.3 is 8.85 Å². The van der Waals surface area contributed by atoms with Gasteiger partial charge in [-0.2, -0.15) is 0 Å². The topological polar surface area (TPSA) is 21.7 Å². The molecule has 0 heterocycles. The summed E-state index contributed by atoms with van der Waals surface area (Å²) in [6.07, 6.45) is 4.75. The smallest absolute Gasteiger partial charge is 0.383 e. The predicted octanol–water partition coefficient (Wildman–Crippen LogP) is 3.92. The van der Waals surface area contributed by atoms with Crippen LogP contribution >= 0.6 is 0 Å². The summed E-state index contributed by atoms with van der Waals surface area (Å²) in [6, 6.07) is 1.10. The molecule has 4 heteroatoms. The highest BCUT2D eigenvalue weighted by Gasteiger charge is 2.43. The first kappa shape index (κ1) is 18.1. The molecule has 110 valence electrons. The van der Waals surface area contributed by atoms with Crippen molar-refractivity contribution in [2.75, 3.05) is 26.3 Å². The first-order valence-electron chi connectivity index (χ1n) is 7.73. The van der Waals surface area contributed by atoms with E-state index < -0.39 is 8.72 Å². The third-order valence-corrected chi connectivity index (χ3v) is 6.93. The summed E-state index contributed by atoms with van der Waals surface area (Å²) in [5.41, 5.74) is 0. The van der Waals surface area contributed by atoms with Gasteiger partial charge in [0.1, 0.15) is 0 Å². The quantitative estimate of drug-likeness (QED) is 0.504. The van der Waals surface area contributed by atoms with Crippen LogP contribution in [-0.4, -0.2) is 39.6 Å². The average molecular weight is 276 g/mol. The molecule has 0 aromatic heterocycles. The first-order chi connectivity index (χ1) is 8.70. The molecule has 0 amide bonds. The molecule has 0 bridgehead atoms. The Morgan fingerprint density at radius 2 is 1.28 bits per heavy atom. The molecular weight excluding hydrogens is 242 g/mol. The van der Waals surface area contributed by atoms with Crippen LogP contribution < -0.4 is 0 Å². The van der Waals surface area contributed by atoms with Crippen molar-refractivity contribution in [3.63, 3.8) is 0 Å². The van der Waals surface area contributed by atoms with Gasteiger partial charge in [-0.3, -0.25) is 4.57 Å². The molecule has 0 radical (unpaired) electrons. The molecule has 18 heavy (non-hydrogen) atoms. The van der Waals surface area contributed by atoms with Crippen LogP contribution in [0.3, 0.4) is 0 Å². The number of hydrogen-bond donors (Lipinski definition) is 0. The highest BCUT2D eigenvalue weighted by molar-refractivity contribution is 6.64. The van der Waals surface area contributed by atoms with Crippen molar-refractivity contribution < 1.29 is 8.85 Å². The minimum atomic E-state index is -2.15. The molecule has 0 atom stereocenters. The van der Waals surface area contributed by atoms with E-state index in [-0.39, 0.29) is 0 Å². The zero-order valence-electron chi connectivity index (χ0n) is 13.1. The van der Waals surface area contributed by atoms with Gasteiger partial charge >= 0.3 is 8.72 Å². The van der Waals surface area contributed by atoms with Crippen molar-refractivity contribution in [2.24, 2.45) is 0 Å². The van der Waals surface area contributed by atoms with Crippen LogP contribution in [0, 0.1) is 0 Å². The van der Waals surface area contributed by atoms with E-state index in [2.05, 4.69) is 39.2 Å². The Morgan fingerprint density at radius 3 is 1.61 bits per heavy atom. The monoisotopic (exact) mass is 275 g/mol. The van der Waals surface area contributed by atoms with Crippen molar-refractivity contribution in [3.05, 3.63) is 0 Å². The van der Waals surface area contributed by atoms with Gasteiger partial charge in [-0.15, -0.1) is 0 Å². The molecule has 0 fully saturated rings. The van der Waals surface area contributed by atoms with Gasteiger partial charge in [0, 0.05) is 19.3 Å². The summed E-state index contributed by atoms with van der Waals surface area (Å²) in [4.78, 5) is 0. The maximum absolute atomic E-state index is 6.18. The molecule has 0 aliphatic rings. The molecule has 0 N–H and O–H groups in total. The molecule has 0 aliphatic carbocycles. The van der Waals surface area contributed by atoms with Gasteiger partial charge in [0.25, 0.3) is 0 Å². The Balaban J connectivity index is 4.91. The van der Waals surface area contributed by atoms with Crippen molar-refractivity contribution in [2.45, 2.75) is 66.3 Å². The van der Waals surface area contributed by atoms with Crippen LogP contribution in [0.2, 0.25) is 6.04 Å². The largest absolute Gasteiger partial charge is 0.427 e.